The summed E-state index contributed by atoms with van der Waals surface area (Å²) in [6.07, 6.45) is 13.5. The molecule has 4 nitrogen and oxygen atoms in total. The summed E-state index contributed by atoms with van der Waals surface area (Å²) in [4.78, 5) is 42.1. The van der Waals surface area contributed by atoms with Gasteiger partial charge in [-0.05, 0) is 74.3 Å². The molecule has 6 heteroatoms. The van der Waals surface area contributed by atoms with Gasteiger partial charge in [-0.15, -0.1) is 0 Å². The van der Waals surface area contributed by atoms with E-state index in [2.05, 4.69) is 0 Å². The molecule has 0 heterocycles. The fourth-order valence-electron chi connectivity index (χ4n) is 3.11. The zero-order valence-electron chi connectivity index (χ0n) is 26.4. The summed E-state index contributed by atoms with van der Waals surface area (Å²) in [5.41, 5.74) is 4.23. The van der Waals surface area contributed by atoms with Crippen molar-refractivity contribution in [2.75, 3.05) is 0 Å². The Hall–Kier alpha value is -4.16. The summed E-state index contributed by atoms with van der Waals surface area (Å²) < 4.78 is 0. The average Bonchev–Trinajstić information content (AvgIpc) is 3.04. The van der Waals surface area contributed by atoms with Crippen LogP contribution in [0.2, 0.25) is 0 Å². The monoisotopic (exact) mass is 796 g/mol. The van der Waals surface area contributed by atoms with E-state index >= 15 is 0 Å². The van der Waals surface area contributed by atoms with Gasteiger partial charge in [0.25, 0.3) is 0 Å². The minimum atomic E-state index is 0. The molecule has 0 fully saturated rings. The van der Waals surface area contributed by atoms with E-state index in [1.54, 1.807) is 52.0 Å². The van der Waals surface area contributed by atoms with Gasteiger partial charge >= 0.3 is 0 Å². The maximum Gasteiger partial charge on any atom is 0.152 e. The second-order valence-corrected chi connectivity index (χ2v) is 9.42. The van der Waals surface area contributed by atoms with Crippen LogP contribution in [0.4, 0.5) is 0 Å². The molecule has 4 rings (SSSR count). The standard InChI is InChI=1S/4C10H10O.2Pd/c4*1-9(11)7-8-10-5-3-2-4-6-10;;/h4*2-8H,1H3;;. The van der Waals surface area contributed by atoms with Crippen molar-refractivity contribution in [3.05, 3.63) is 168 Å². The second-order valence-electron chi connectivity index (χ2n) is 9.42. The van der Waals surface area contributed by atoms with Crippen LogP contribution < -0.4 is 0 Å². The van der Waals surface area contributed by atoms with E-state index in [9.17, 15) is 19.2 Å². The largest absolute Gasteiger partial charge is 0.295 e. The Morgan fingerprint density at radius 2 is 0.478 bits per heavy atom. The Morgan fingerprint density at radius 1 is 0.326 bits per heavy atom. The summed E-state index contributed by atoms with van der Waals surface area (Å²) in [5.74, 6) is 0.311. The Balaban J connectivity index is 0. The van der Waals surface area contributed by atoms with Crippen LogP contribution in [0.15, 0.2) is 146 Å². The second kappa shape index (κ2) is 28.3. The third-order valence-electron chi connectivity index (χ3n) is 5.24. The van der Waals surface area contributed by atoms with Gasteiger partial charge in [-0.2, -0.15) is 0 Å². The topological polar surface area (TPSA) is 68.3 Å². The molecular weight excluding hydrogens is 757 g/mol. The zero-order chi connectivity index (χ0) is 32.4. The van der Waals surface area contributed by atoms with Crippen LogP contribution in [0.25, 0.3) is 24.3 Å². The predicted molar refractivity (Wildman–Crippen MR) is 185 cm³/mol. The van der Waals surface area contributed by atoms with Gasteiger partial charge in [-0.3, -0.25) is 19.2 Å². The van der Waals surface area contributed by atoms with Crippen molar-refractivity contribution >= 4 is 47.4 Å². The van der Waals surface area contributed by atoms with E-state index in [-0.39, 0.29) is 64.0 Å². The maximum atomic E-state index is 10.5. The van der Waals surface area contributed by atoms with Crippen LogP contribution in [-0.4, -0.2) is 23.1 Å². The Labute approximate surface area is 301 Å². The van der Waals surface area contributed by atoms with Gasteiger partial charge in [0.2, 0.25) is 0 Å². The molecule has 0 aliphatic carbocycles. The molecular formula is C40H40O4Pd2. The van der Waals surface area contributed by atoms with Crippen molar-refractivity contribution in [3.8, 4) is 0 Å². The molecule has 0 radical (unpaired) electrons. The third-order valence-corrected chi connectivity index (χ3v) is 5.24. The summed E-state index contributed by atoms with van der Waals surface area (Å²) in [7, 11) is 0. The first-order valence-corrected chi connectivity index (χ1v) is 14.1. The Bertz CT molecular complexity index is 1290. The normalized spacial score (nSPS) is 9.83. The third kappa shape index (κ3) is 26.3. The molecule has 46 heavy (non-hydrogen) atoms. The number of rotatable bonds is 8. The van der Waals surface area contributed by atoms with Crippen LogP contribution in [-0.2, 0) is 60.0 Å². The van der Waals surface area contributed by atoms with Gasteiger partial charge in [0.15, 0.2) is 23.1 Å². The number of benzene rings is 4. The number of carbonyl (C=O) groups excluding carboxylic acids is 4. The van der Waals surface area contributed by atoms with Gasteiger partial charge in [-0.25, -0.2) is 0 Å². The molecule has 0 saturated carbocycles. The predicted octanol–water partition coefficient (Wildman–Crippen LogP) is 9.15. The van der Waals surface area contributed by atoms with Crippen LogP contribution >= 0.6 is 0 Å². The molecule has 0 bridgehead atoms. The fraction of sp³-hybridized carbons (Fsp3) is 0.100. The van der Waals surface area contributed by atoms with Crippen LogP contribution in [0.5, 0.6) is 0 Å². The van der Waals surface area contributed by atoms with Crippen molar-refractivity contribution in [2.45, 2.75) is 27.7 Å². The Kier molecular flexibility index (Phi) is 27.1. The molecule has 4 aromatic carbocycles. The van der Waals surface area contributed by atoms with Crippen molar-refractivity contribution in [1.82, 2.24) is 0 Å². The summed E-state index contributed by atoms with van der Waals surface area (Å²) in [6.45, 7) is 6.16. The molecule has 0 N–H and O–H groups in total. The van der Waals surface area contributed by atoms with Gasteiger partial charge in [0, 0.05) is 40.8 Å². The zero-order valence-corrected chi connectivity index (χ0v) is 29.5. The SMILES string of the molecule is CC(=O)C=Cc1ccccc1.CC(=O)C=Cc1ccccc1.CC(=O)C=Cc1ccccc1.CC(=O)C=Cc1ccccc1.[Pd].[Pd]. The maximum absolute atomic E-state index is 10.5. The van der Waals surface area contributed by atoms with Gasteiger partial charge < -0.3 is 0 Å². The number of hydrogen-bond donors (Lipinski definition) is 0. The van der Waals surface area contributed by atoms with Gasteiger partial charge in [-0.1, -0.05) is 146 Å². The molecule has 0 aliphatic heterocycles. The van der Waals surface area contributed by atoms with Crippen molar-refractivity contribution in [3.63, 3.8) is 0 Å². The van der Waals surface area contributed by atoms with Crippen molar-refractivity contribution in [2.24, 2.45) is 0 Å². The minimum Gasteiger partial charge on any atom is -0.295 e. The average molecular weight is 798 g/mol. The first-order valence-electron chi connectivity index (χ1n) is 14.1. The number of carbonyl (C=O) groups is 4. The summed E-state index contributed by atoms with van der Waals surface area (Å²) in [6, 6.07) is 39.0. The van der Waals surface area contributed by atoms with E-state index in [1.165, 1.54) is 0 Å². The number of ketones is 4. The van der Waals surface area contributed by atoms with Crippen molar-refractivity contribution in [1.29, 1.82) is 0 Å². The molecule has 244 valence electrons. The summed E-state index contributed by atoms with van der Waals surface area (Å²) in [5, 5.41) is 0. The van der Waals surface area contributed by atoms with Crippen LogP contribution in [0.3, 0.4) is 0 Å². The Morgan fingerprint density at radius 3 is 0.609 bits per heavy atom. The van der Waals surface area contributed by atoms with E-state index in [4.69, 9.17) is 0 Å². The first-order chi connectivity index (χ1) is 21.2. The van der Waals surface area contributed by atoms with E-state index in [0.29, 0.717) is 0 Å². The fourth-order valence-corrected chi connectivity index (χ4v) is 3.11. The van der Waals surface area contributed by atoms with Gasteiger partial charge in [0.05, 0.1) is 0 Å². The number of allylic oxidation sites excluding steroid dienone is 4. The molecule has 0 amide bonds. The first kappa shape index (κ1) is 44.0. The molecule has 0 aromatic heterocycles. The molecule has 0 unspecified atom stereocenters. The number of hydrogen-bond acceptors (Lipinski definition) is 4. The van der Waals surface area contributed by atoms with Gasteiger partial charge in [0.1, 0.15) is 0 Å². The molecule has 4 aromatic rings. The smallest absolute Gasteiger partial charge is 0.152 e. The van der Waals surface area contributed by atoms with Crippen LogP contribution in [0.1, 0.15) is 49.9 Å². The molecule has 0 saturated heterocycles. The van der Waals surface area contributed by atoms with Crippen LogP contribution in [0, 0.1) is 0 Å². The van der Waals surface area contributed by atoms with E-state index in [1.807, 2.05) is 146 Å². The van der Waals surface area contributed by atoms with E-state index in [0.717, 1.165) is 22.3 Å². The quantitative estimate of drug-likeness (QED) is 0.132. The van der Waals surface area contributed by atoms with Crippen molar-refractivity contribution < 1.29 is 60.0 Å². The minimum absolute atomic E-state index is 0. The molecule has 0 aliphatic rings. The molecule has 0 atom stereocenters. The summed E-state index contributed by atoms with van der Waals surface area (Å²) >= 11 is 0. The van der Waals surface area contributed by atoms with E-state index < -0.39 is 0 Å². The molecule has 0 spiro atoms.